The summed E-state index contributed by atoms with van der Waals surface area (Å²) in [6.07, 6.45) is 0. The van der Waals surface area contributed by atoms with E-state index in [0.717, 1.165) is 29.5 Å². The van der Waals surface area contributed by atoms with Gasteiger partial charge < -0.3 is 4.90 Å². The van der Waals surface area contributed by atoms with Crippen LogP contribution in [0.2, 0.25) is 0 Å². The molecule has 2 rings (SSSR count). The number of aliphatic imine (C=N–C) groups is 1. The maximum absolute atomic E-state index is 4.56. The normalized spacial score (nSPS) is 11.7. The fourth-order valence-corrected chi connectivity index (χ4v) is 2.93. The minimum atomic E-state index is 0.715. The quantitative estimate of drug-likeness (QED) is 0.633. The molecule has 0 aliphatic carbocycles. The van der Waals surface area contributed by atoms with E-state index in [9.17, 15) is 0 Å². The SMILES string of the molecule is CCN(CC)/C(C)=N/c1nnc(-c2ccccc2C)s1. The summed E-state index contributed by atoms with van der Waals surface area (Å²) in [4.78, 5) is 6.77. The van der Waals surface area contributed by atoms with Crippen LogP contribution >= 0.6 is 11.3 Å². The minimum absolute atomic E-state index is 0.715. The predicted octanol–water partition coefficient (Wildman–Crippen LogP) is 3.91. The van der Waals surface area contributed by atoms with E-state index in [0.29, 0.717) is 5.13 Å². The van der Waals surface area contributed by atoms with Crippen LogP contribution in [0, 0.1) is 6.92 Å². The fourth-order valence-electron chi connectivity index (χ4n) is 2.07. The van der Waals surface area contributed by atoms with Crippen molar-refractivity contribution in [2.24, 2.45) is 4.99 Å². The molecular formula is C15H20N4S. The lowest BCUT2D eigenvalue weighted by Crippen LogP contribution is -2.27. The van der Waals surface area contributed by atoms with Gasteiger partial charge in [0.05, 0.1) is 0 Å². The molecule has 1 aromatic heterocycles. The molecule has 5 heteroatoms. The van der Waals surface area contributed by atoms with Crippen LogP contribution in [0.3, 0.4) is 0 Å². The van der Waals surface area contributed by atoms with Gasteiger partial charge in [-0.3, -0.25) is 0 Å². The standard InChI is InChI=1S/C15H20N4S/c1-5-19(6-2)12(4)16-15-18-17-14(20-15)13-10-8-7-9-11(13)3/h7-10H,5-6H2,1-4H3/b16-12+. The van der Waals surface area contributed by atoms with Crippen LogP contribution < -0.4 is 0 Å². The molecule has 0 atom stereocenters. The Balaban J connectivity index is 2.26. The van der Waals surface area contributed by atoms with Gasteiger partial charge in [-0.25, -0.2) is 4.99 Å². The molecule has 20 heavy (non-hydrogen) atoms. The van der Waals surface area contributed by atoms with Crippen LogP contribution in [0.25, 0.3) is 10.6 Å². The van der Waals surface area contributed by atoms with Crippen molar-refractivity contribution in [2.45, 2.75) is 27.7 Å². The molecule has 0 unspecified atom stereocenters. The van der Waals surface area contributed by atoms with Crippen LogP contribution in [0.4, 0.5) is 5.13 Å². The van der Waals surface area contributed by atoms with Gasteiger partial charge in [0, 0.05) is 18.7 Å². The molecule has 0 bridgehead atoms. The van der Waals surface area contributed by atoms with Crippen LogP contribution in [0.15, 0.2) is 29.3 Å². The Morgan fingerprint density at radius 3 is 2.55 bits per heavy atom. The molecule has 4 nitrogen and oxygen atoms in total. The third-order valence-corrected chi connectivity index (χ3v) is 4.12. The number of rotatable bonds is 4. The van der Waals surface area contributed by atoms with Gasteiger partial charge >= 0.3 is 0 Å². The van der Waals surface area contributed by atoms with E-state index in [1.807, 2.05) is 19.1 Å². The van der Waals surface area contributed by atoms with Crippen molar-refractivity contribution in [1.82, 2.24) is 15.1 Å². The van der Waals surface area contributed by atoms with Gasteiger partial charge in [0.1, 0.15) is 10.8 Å². The predicted molar refractivity (Wildman–Crippen MR) is 85.8 cm³/mol. The summed E-state index contributed by atoms with van der Waals surface area (Å²) < 4.78 is 0. The Bertz CT molecular complexity index is 599. The first kappa shape index (κ1) is 14.7. The number of amidine groups is 1. The van der Waals surface area contributed by atoms with E-state index in [1.54, 1.807) is 0 Å². The van der Waals surface area contributed by atoms with Crippen LogP contribution in [0.5, 0.6) is 0 Å². The maximum atomic E-state index is 4.56. The summed E-state index contributed by atoms with van der Waals surface area (Å²) in [6.45, 7) is 10.3. The molecule has 0 fully saturated rings. The summed E-state index contributed by atoms with van der Waals surface area (Å²) >= 11 is 1.53. The average Bonchev–Trinajstić information content (AvgIpc) is 2.89. The van der Waals surface area contributed by atoms with E-state index in [-0.39, 0.29) is 0 Å². The zero-order valence-electron chi connectivity index (χ0n) is 12.4. The van der Waals surface area contributed by atoms with Crippen molar-refractivity contribution in [3.63, 3.8) is 0 Å². The number of nitrogens with zero attached hydrogens (tertiary/aromatic N) is 4. The van der Waals surface area contributed by atoms with Crippen molar-refractivity contribution >= 4 is 22.3 Å². The van der Waals surface area contributed by atoms with Gasteiger partial charge in [-0.2, -0.15) is 0 Å². The number of hydrogen-bond acceptors (Lipinski definition) is 4. The van der Waals surface area contributed by atoms with Gasteiger partial charge in [0.2, 0.25) is 5.13 Å². The van der Waals surface area contributed by atoms with Crippen LogP contribution in [-0.4, -0.2) is 34.0 Å². The first-order valence-electron chi connectivity index (χ1n) is 6.85. The molecule has 0 aliphatic rings. The molecular weight excluding hydrogens is 268 g/mol. The van der Waals surface area contributed by atoms with Gasteiger partial charge in [0.25, 0.3) is 0 Å². The van der Waals surface area contributed by atoms with Crippen LogP contribution in [-0.2, 0) is 0 Å². The second-order valence-electron chi connectivity index (χ2n) is 4.54. The number of benzene rings is 1. The molecule has 0 N–H and O–H groups in total. The van der Waals surface area contributed by atoms with E-state index in [1.165, 1.54) is 16.9 Å². The summed E-state index contributed by atoms with van der Waals surface area (Å²) in [7, 11) is 0. The van der Waals surface area contributed by atoms with Crippen molar-refractivity contribution in [2.75, 3.05) is 13.1 Å². The van der Waals surface area contributed by atoms with Crippen LogP contribution in [0.1, 0.15) is 26.3 Å². The topological polar surface area (TPSA) is 41.4 Å². The maximum Gasteiger partial charge on any atom is 0.233 e. The Hall–Kier alpha value is -1.75. The van der Waals surface area contributed by atoms with E-state index >= 15 is 0 Å². The van der Waals surface area contributed by atoms with E-state index < -0.39 is 0 Å². The zero-order chi connectivity index (χ0) is 14.5. The zero-order valence-corrected chi connectivity index (χ0v) is 13.2. The van der Waals surface area contributed by atoms with Crippen molar-refractivity contribution in [3.05, 3.63) is 29.8 Å². The monoisotopic (exact) mass is 288 g/mol. The highest BCUT2D eigenvalue weighted by molar-refractivity contribution is 7.18. The summed E-state index contributed by atoms with van der Waals surface area (Å²) in [5, 5.41) is 10.1. The van der Waals surface area contributed by atoms with Crippen molar-refractivity contribution in [1.29, 1.82) is 0 Å². The minimum Gasteiger partial charge on any atom is -0.361 e. The first-order valence-corrected chi connectivity index (χ1v) is 7.67. The molecule has 0 saturated carbocycles. The van der Waals surface area contributed by atoms with Gasteiger partial charge in [-0.1, -0.05) is 35.6 Å². The molecule has 0 spiro atoms. The lowest BCUT2D eigenvalue weighted by Gasteiger charge is -2.19. The highest BCUT2D eigenvalue weighted by atomic mass is 32.1. The Morgan fingerprint density at radius 2 is 1.90 bits per heavy atom. The molecule has 1 heterocycles. The largest absolute Gasteiger partial charge is 0.361 e. The first-order chi connectivity index (χ1) is 9.65. The van der Waals surface area contributed by atoms with Gasteiger partial charge in [-0.05, 0) is 33.3 Å². The summed E-state index contributed by atoms with van der Waals surface area (Å²) in [5.41, 5.74) is 2.34. The van der Waals surface area contributed by atoms with Gasteiger partial charge in [0.15, 0.2) is 0 Å². The second-order valence-corrected chi connectivity index (χ2v) is 5.49. The molecule has 0 radical (unpaired) electrons. The number of aryl methyl sites for hydroxylation is 1. The van der Waals surface area contributed by atoms with E-state index in [4.69, 9.17) is 0 Å². The molecule has 0 saturated heterocycles. The van der Waals surface area contributed by atoms with Crippen molar-refractivity contribution in [3.8, 4) is 10.6 Å². The molecule has 0 amide bonds. The number of aromatic nitrogens is 2. The molecule has 1 aromatic carbocycles. The average molecular weight is 288 g/mol. The Labute approximate surface area is 124 Å². The second kappa shape index (κ2) is 6.61. The third kappa shape index (κ3) is 3.22. The summed E-state index contributed by atoms with van der Waals surface area (Å²) in [5.74, 6) is 0.988. The Morgan fingerprint density at radius 1 is 1.20 bits per heavy atom. The molecule has 106 valence electrons. The molecule has 0 aliphatic heterocycles. The van der Waals surface area contributed by atoms with Crippen molar-refractivity contribution < 1.29 is 0 Å². The lowest BCUT2D eigenvalue weighted by atomic mass is 10.1. The van der Waals surface area contributed by atoms with E-state index in [2.05, 4.69) is 53.0 Å². The highest BCUT2D eigenvalue weighted by Crippen LogP contribution is 2.30. The number of hydrogen-bond donors (Lipinski definition) is 0. The molecule has 2 aromatic rings. The Kier molecular flexibility index (Phi) is 4.84. The third-order valence-electron chi connectivity index (χ3n) is 3.27. The fraction of sp³-hybridized carbons (Fsp3) is 0.400. The summed E-state index contributed by atoms with van der Waals surface area (Å²) in [6, 6.07) is 8.21. The van der Waals surface area contributed by atoms with Gasteiger partial charge in [-0.15, -0.1) is 10.2 Å². The smallest absolute Gasteiger partial charge is 0.233 e. The lowest BCUT2D eigenvalue weighted by molar-refractivity contribution is 0.463. The highest BCUT2D eigenvalue weighted by Gasteiger charge is 2.09.